The van der Waals surface area contributed by atoms with Gasteiger partial charge in [-0.05, 0) is 48.5 Å². The van der Waals surface area contributed by atoms with Crippen LogP contribution in [0.4, 0.5) is 32.4 Å². The van der Waals surface area contributed by atoms with Gasteiger partial charge in [-0.2, -0.15) is 13.2 Å². The van der Waals surface area contributed by atoms with Crippen LogP contribution in [0.1, 0.15) is 33.1 Å². The van der Waals surface area contributed by atoms with Gasteiger partial charge in [0.2, 0.25) is 0 Å². The molecule has 0 saturated carbocycles. The number of anilines is 1. The Hall–Kier alpha value is -3.92. The number of aromatic nitrogens is 1. The molecule has 1 aliphatic rings. The largest absolute Gasteiger partial charge is 0.416 e. The lowest BCUT2D eigenvalue weighted by Crippen LogP contribution is -2.37. The van der Waals surface area contributed by atoms with Crippen LogP contribution in [0, 0.1) is 11.6 Å². The molecule has 3 aromatic carbocycles. The molecular formula is C24H13ClF5N3O2. The van der Waals surface area contributed by atoms with Crippen molar-refractivity contribution >= 4 is 40.1 Å². The van der Waals surface area contributed by atoms with E-state index in [0.29, 0.717) is 28.6 Å². The van der Waals surface area contributed by atoms with Crippen LogP contribution in [0.15, 0.2) is 60.8 Å². The van der Waals surface area contributed by atoms with Gasteiger partial charge in [0.15, 0.2) is 0 Å². The first-order chi connectivity index (χ1) is 16.5. The molecule has 178 valence electrons. The van der Waals surface area contributed by atoms with Gasteiger partial charge in [-0.15, -0.1) is 0 Å². The SMILES string of the molecule is O=C(Nc1ccc2ccn3c2c1C(c1cc(F)ccc1Cl)NC3=O)c1cc(F)cc(C(F)(F)F)c1. The number of nitrogens with zero attached hydrogens (tertiary/aromatic N) is 1. The van der Waals surface area contributed by atoms with E-state index < -0.39 is 46.9 Å². The van der Waals surface area contributed by atoms with Crippen molar-refractivity contribution in [3.8, 4) is 0 Å². The molecule has 2 heterocycles. The van der Waals surface area contributed by atoms with Crippen molar-refractivity contribution in [3.05, 3.63) is 99.7 Å². The molecule has 1 aliphatic heterocycles. The molecule has 2 N–H and O–H groups in total. The molecule has 35 heavy (non-hydrogen) atoms. The van der Waals surface area contributed by atoms with Crippen molar-refractivity contribution in [1.82, 2.24) is 9.88 Å². The zero-order chi connectivity index (χ0) is 25.1. The summed E-state index contributed by atoms with van der Waals surface area (Å²) in [5.74, 6) is -2.85. The topological polar surface area (TPSA) is 63.1 Å². The van der Waals surface area contributed by atoms with E-state index in [2.05, 4.69) is 10.6 Å². The van der Waals surface area contributed by atoms with Gasteiger partial charge < -0.3 is 10.6 Å². The number of hydrogen-bond acceptors (Lipinski definition) is 2. The fourth-order valence-electron chi connectivity index (χ4n) is 4.14. The lowest BCUT2D eigenvalue weighted by molar-refractivity contribution is -0.137. The van der Waals surface area contributed by atoms with Crippen LogP contribution in [0.2, 0.25) is 5.02 Å². The molecule has 0 saturated heterocycles. The standard InChI is InChI=1S/C24H13ClF5N3O2/c25-17-3-2-14(26)10-16(17)20-19-18(4-1-11-5-6-33(21(11)19)23(35)32-20)31-22(34)12-7-13(24(28,29)30)9-15(27)8-12/h1-10,20H,(H,31,34)(H,32,35). The normalized spacial score (nSPS) is 15.3. The lowest BCUT2D eigenvalue weighted by Gasteiger charge is -2.29. The Balaban J connectivity index is 1.65. The number of halogens is 6. The monoisotopic (exact) mass is 505 g/mol. The van der Waals surface area contributed by atoms with E-state index in [1.165, 1.54) is 22.9 Å². The molecule has 2 amide bonds. The van der Waals surface area contributed by atoms with E-state index in [1.54, 1.807) is 12.1 Å². The average molecular weight is 506 g/mol. The maximum atomic E-state index is 14.1. The Morgan fingerprint density at radius 2 is 1.77 bits per heavy atom. The van der Waals surface area contributed by atoms with Crippen molar-refractivity contribution in [2.24, 2.45) is 0 Å². The number of amides is 2. The Kier molecular flexibility index (Phi) is 5.28. The third-order valence-electron chi connectivity index (χ3n) is 5.67. The summed E-state index contributed by atoms with van der Waals surface area (Å²) in [5.41, 5.74) is -0.816. The number of carbonyl (C=O) groups excluding carboxylic acids is 2. The number of alkyl halides is 3. The van der Waals surface area contributed by atoms with Gasteiger partial charge in [0.05, 0.1) is 17.1 Å². The summed E-state index contributed by atoms with van der Waals surface area (Å²) in [5, 5.41) is 5.97. The van der Waals surface area contributed by atoms with Crippen molar-refractivity contribution in [2.75, 3.05) is 5.32 Å². The maximum absolute atomic E-state index is 14.1. The molecule has 0 bridgehead atoms. The van der Waals surface area contributed by atoms with Gasteiger partial charge in [0.25, 0.3) is 5.91 Å². The van der Waals surface area contributed by atoms with Crippen molar-refractivity contribution in [1.29, 1.82) is 0 Å². The Morgan fingerprint density at radius 3 is 2.51 bits per heavy atom. The second-order valence-corrected chi connectivity index (χ2v) is 8.29. The first-order valence-corrected chi connectivity index (χ1v) is 10.5. The predicted octanol–water partition coefficient (Wildman–Crippen LogP) is 6.50. The fourth-order valence-corrected chi connectivity index (χ4v) is 4.37. The molecule has 11 heteroatoms. The third-order valence-corrected chi connectivity index (χ3v) is 6.02. The highest BCUT2D eigenvalue weighted by molar-refractivity contribution is 6.31. The van der Waals surface area contributed by atoms with Gasteiger partial charge in [-0.25, -0.2) is 13.6 Å². The Morgan fingerprint density at radius 1 is 1.00 bits per heavy atom. The number of carbonyl (C=O) groups is 2. The van der Waals surface area contributed by atoms with Gasteiger partial charge in [-0.1, -0.05) is 17.7 Å². The minimum Gasteiger partial charge on any atom is -0.326 e. The molecule has 5 rings (SSSR count). The average Bonchev–Trinajstić information content (AvgIpc) is 3.23. The molecule has 0 fully saturated rings. The maximum Gasteiger partial charge on any atom is 0.416 e. The third kappa shape index (κ3) is 3.99. The van der Waals surface area contributed by atoms with Crippen LogP contribution >= 0.6 is 11.6 Å². The molecule has 0 spiro atoms. The first-order valence-electron chi connectivity index (χ1n) is 10.1. The highest BCUT2D eigenvalue weighted by Gasteiger charge is 2.34. The molecule has 5 nitrogen and oxygen atoms in total. The predicted molar refractivity (Wildman–Crippen MR) is 118 cm³/mol. The minimum atomic E-state index is -4.85. The summed E-state index contributed by atoms with van der Waals surface area (Å²) in [6.07, 6.45) is -3.35. The van der Waals surface area contributed by atoms with E-state index in [1.807, 2.05) is 0 Å². The van der Waals surface area contributed by atoms with Gasteiger partial charge >= 0.3 is 12.2 Å². The van der Waals surface area contributed by atoms with E-state index >= 15 is 0 Å². The molecule has 4 aromatic rings. The molecule has 0 aliphatic carbocycles. The second kappa shape index (κ2) is 8.09. The summed E-state index contributed by atoms with van der Waals surface area (Å²) in [7, 11) is 0. The van der Waals surface area contributed by atoms with Crippen molar-refractivity contribution < 1.29 is 31.5 Å². The smallest absolute Gasteiger partial charge is 0.326 e. The summed E-state index contributed by atoms with van der Waals surface area (Å²) in [6, 6.07) is 8.32. The number of rotatable bonds is 3. The zero-order valence-corrected chi connectivity index (χ0v) is 18.1. The first kappa shape index (κ1) is 22.9. The van der Waals surface area contributed by atoms with E-state index in [0.717, 1.165) is 12.1 Å². The van der Waals surface area contributed by atoms with Crippen LogP contribution in [0.25, 0.3) is 10.9 Å². The van der Waals surface area contributed by atoms with Crippen molar-refractivity contribution in [3.63, 3.8) is 0 Å². The van der Waals surface area contributed by atoms with Crippen LogP contribution in [-0.2, 0) is 6.18 Å². The Labute approximate surface area is 199 Å². The number of hydrogen-bond donors (Lipinski definition) is 2. The number of nitrogens with one attached hydrogen (secondary N) is 2. The van der Waals surface area contributed by atoms with Crippen LogP contribution in [-0.4, -0.2) is 16.5 Å². The Bertz CT molecular complexity index is 1530. The summed E-state index contributed by atoms with van der Waals surface area (Å²) in [6.45, 7) is 0. The van der Waals surface area contributed by atoms with E-state index in [4.69, 9.17) is 11.6 Å². The number of benzene rings is 3. The highest BCUT2D eigenvalue weighted by atomic mass is 35.5. The molecule has 1 unspecified atom stereocenters. The van der Waals surface area contributed by atoms with Crippen LogP contribution < -0.4 is 10.6 Å². The molecule has 0 radical (unpaired) electrons. The summed E-state index contributed by atoms with van der Waals surface area (Å²) in [4.78, 5) is 25.6. The second-order valence-electron chi connectivity index (χ2n) is 7.88. The van der Waals surface area contributed by atoms with Crippen molar-refractivity contribution in [2.45, 2.75) is 12.2 Å². The molecule has 1 atom stereocenters. The highest BCUT2D eigenvalue weighted by Crippen LogP contribution is 2.40. The molecular weight excluding hydrogens is 493 g/mol. The van der Waals surface area contributed by atoms with E-state index in [-0.39, 0.29) is 22.3 Å². The van der Waals surface area contributed by atoms with Gasteiger partial charge in [-0.3, -0.25) is 9.36 Å². The van der Waals surface area contributed by atoms with Crippen LogP contribution in [0.3, 0.4) is 0 Å². The summed E-state index contributed by atoms with van der Waals surface area (Å²) < 4.78 is 68.5. The zero-order valence-electron chi connectivity index (χ0n) is 17.4. The van der Waals surface area contributed by atoms with Gasteiger partial charge in [0, 0.05) is 39.0 Å². The van der Waals surface area contributed by atoms with E-state index in [9.17, 15) is 31.5 Å². The lowest BCUT2D eigenvalue weighted by atomic mass is 9.93. The van der Waals surface area contributed by atoms with Gasteiger partial charge in [0.1, 0.15) is 11.6 Å². The summed E-state index contributed by atoms with van der Waals surface area (Å²) >= 11 is 6.28. The molecule has 1 aromatic heterocycles. The quantitative estimate of drug-likeness (QED) is 0.312. The fraction of sp³-hybridized carbons (Fsp3) is 0.0833. The minimum absolute atomic E-state index is 0.116. The van der Waals surface area contributed by atoms with Crippen LogP contribution in [0.5, 0.6) is 0 Å².